The minimum absolute atomic E-state index is 0.00539. The maximum absolute atomic E-state index is 12.8. The summed E-state index contributed by atoms with van der Waals surface area (Å²) in [5, 5.41) is 9.92. The predicted molar refractivity (Wildman–Crippen MR) is 128 cm³/mol. The van der Waals surface area contributed by atoms with E-state index in [1.807, 2.05) is 31.2 Å². The molecule has 3 rings (SSSR count). The molecule has 0 atom stereocenters. The van der Waals surface area contributed by atoms with Crippen LogP contribution in [0.15, 0.2) is 81.0 Å². The Hall–Kier alpha value is -2.79. The van der Waals surface area contributed by atoms with Gasteiger partial charge in [0.25, 0.3) is 0 Å². The lowest BCUT2D eigenvalue weighted by molar-refractivity contribution is 0.269. The van der Waals surface area contributed by atoms with Crippen LogP contribution in [0.1, 0.15) is 18.1 Å². The van der Waals surface area contributed by atoms with E-state index in [1.165, 1.54) is 30.3 Å². The van der Waals surface area contributed by atoms with Crippen molar-refractivity contribution in [3.8, 4) is 17.6 Å². The van der Waals surface area contributed by atoms with Crippen molar-refractivity contribution >= 4 is 43.4 Å². The molecule has 3 aromatic rings. The molecule has 0 aliphatic heterocycles. The van der Waals surface area contributed by atoms with Gasteiger partial charge in [-0.25, -0.2) is 8.42 Å². The summed E-state index contributed by atoms with van der Waals surface area (Å²) in [6.07, 6.45) is 1.31. The number of hydrogen-bond donors (Lipinski definition) is 0. The molecule has 0 bridgehead atoms. The fourth-order valence-corrected chi connectivity index (χ4v) is 4.36. The Labute approximate surface area is 200 Å². The molecular weight excluding hydrogens is 514 g/mol. The lowest BCUT2D eigenvalue weighted by atomic mass is 10.2. The molecule has 0 saturated carbocycles. The molecule has 164 valence electrons. The standard InChI is InChI=1S/C24H19BrClNO4S/c1-2-30-24-14-18(5-12-23(24)31-16-17-3-6-19(25)7-4-17)13-22(15-27)32(28,29)21-10-8-20(26)9-11-21/h3-14H,2,16H2,1H3. The lowest BCUT2D eigenvalue weighted by Crippen LogP contribution is -2.03. The monoisotopic (exact) mass is 531 g/mol. The average molecular weight is 533 g/mol. The van der Waals surface area contributed by atoms with Crippen LogP contribution >= 0.6 is 27.5 Å². The van der Waals surface area contributed by atoms with Crippen molar-refractivity contribution in [1.82, 2.24) is 0 Å². The lowest BCUT2D eigenvalue weighted by Gasteiger charge is -2.13. The van der Waals surface area contributed by atoms with E-state index >= 15 is 0 Å². The van der Waals surface area contributed by atoms with Gasteiger partial charge in [-0.3, -0.25) is 0 Å². The molecule has 0 saturated heterocycles. The first kappa shape index (κ1) is 23.9. The van der Waals surface area contributed by atoms with Gasteiger partial charge in [0.2, 0.25) is 9.84 Å². The molecular formula is C24H19BrClNO4S. The number of ether oxygens (including phenoxy) is 2. The van der Waals surface area contributed by atoms with Crippen LogP contribution in [-0.2, 0) is 16.4 Å². The second-order valence-corrected chi connectivity index (χ2v) is 9.90. The van der Waals surface area contributed by atoms with E-state index in [-0.39, 0.29) is 9.80 Å². The Balaban J connectivity index is 1.88. The first-order valence-corrected chi connectivity index (χ1v) is 12.3. The van der Waals surface area contributed by atoms with Crippen molar-refractivity contribution in [1.29, 1.82) is 5.26 Å². The number of nitriles is 1. The SMILES string of the molecule is CCOc1cc(C=C(C#N)S(=O)(=O)c2ccc(Cl)cc2)ccc1OCc1ccc(Br)cc1. The largest absolute Gasteiger partial charge is 0.490 e. The molecule has 0 unspecified atom stereocenters. The Morgan fingerprint density at radius 2 is 1.72 bits per heavy atom. The molecule has 0 aliphatic rings. The van der Waals surface area contributed by atoms with Crippen LogP contribution in [0.5, 0.6) is 11.5 Å². The molecule has 0 aliphatic carbocycles. The van der Waals surface area contributed by atoms with Gasteiger partial charge >= 0.3 is 0 Å². The van der Waals surface area contributed by atoms with Crippen LogP contribution < -0.4 is 9.47 Å². The van der Waals surface area contributed by atoms with Gasteiger partial charge in [-0.1, -0.05) is 45.7 Å². The van der Waals surface area contributed by atoms with Crippen LogP contribution in [0.25, 0.3) is 6.08 Å². The van der Waals surface area contributed by atoms with Crippen molar-refractivity contribution in [2.24, 2.45) is 0 Å². The van der Waals surface area contributed by atoms with Gasteiger partial charge in [-0.05, 0) is 72.7 Å². The van der Waals surface area contributed by atoms with Crippen molar-refractivity contribution < 1.29 is 17.9 Å². The second-order valence-electron chi connectivity index (χ2n) is 6.63. The quantitative estimate of drug-likeness (QED) is 0.313. The Kier molecular flexibility index (Phi) is 7.97. The Morgan fingerprint density at radius 3 is 2.34 bits per heavy atom. The maximum Gasteiger partial charge on any atom is 0.216 e. The van der Waals surface area contributed by atoms with E-state index in [1.54, 1.807) is 24.3 Å². The van der Waals surface area contributed by atoms with Crippen LogP contribution in [0.2, 0.25) is 5.02 Å². The molecule has 0 radical (unpaired) electrons. The molecule has 3 aromatic carbocycles. The highest BCUT2D eigenvalue weighted by atomic mass is 79.9. The van der Waals surface area contributed by atoms with Gasteiger partial charge in [0.05, 0.1) is 11.5 Å². The molecule has 0 heterocycles. The zero-order chi connectivity index (χ0) is 23.1. The molecule has 5 nitrogen and oxygen atoms in total. The van der Waals surface area contributed by atoms with Crippen molar-refractivity contribution in [2.75, 3.05) is 6.61 Å². The number of allylic oxidation sites excluding steroid dienone is 1. The predicted octanol–water partition coefficient (Wildman–Crippen LogP) is 6.42. The van der Waals surface area contributed by atoms with E-state index in [0.29, 0.717) is 35.3 Å². The Bertz CT molecular complexity index is 1260. The van der Waals surface area contributed by atoms with Gasteiger partial charge < -0.3 is 9.47 Å². The van der Waals surface area contributed by atoms with Crippen LogP contribution in [-0.4, -0.2) is 15.0 Å². The third kappa shape index (κ3) is 5.92. The number of halogens is 2. The van der Waals surface area contributed by atoms with Crippen molar-refractivity contribution in [3.63, 3.8) is 0 Å². The summed E-state index contributed by atoms with van der Waals surface area (Å²) in [6, 6.07) is 20.2. The van der Waals surface area contributed by atoms with Gasteiger partial charge in [0.15, 0.2) is 11.5 Å². The van der Waals surface area contributed by atoms with Crippen LogP contribution in [0.4, 0.5) is 0 Å². The Morgan fingerprint density at radius 1 is 1.03 bits per heavy atom. The van der Waals surface area contributed by atoms with Crippen LogP contribution in [0, 0.1) is 11.3 Å². The molecule has 0 spiro atoms. The van der Waals surface area contributed by atoms with E-state index in [4.69, 9.17) is 21.1 Å². The van der Waals surface area contributed by atoms with E-state index < -0.39 is 9.84 Å². The number of benzene rings is 3. The summed E-state index contributed by atoms with van der Waals surface area (Å²) in [4.78, 5) is -0.389. The molecule has 32 heavy (non-hydrogen) atoms. The third-order valence-electron chi connectivity index (χ3n) is 4.40. The second kappa shape index (κ2) is 10.7. The molecule has 0 fully saturated rings. The van der Waals surface area contributed by atoms with Crippen LogP contribution in [0.3, 0.4) is 0 Å². The zero-order valence-electron chi connectivity index (χ0n) is 17.1. The van der Waals surface area contributed by atoms with E-state index in [2.05, 4.69) is 15.9 Å². The van der Waals surface area contributed by atoms with Gasteiger partial charge in [0.1, 0.15) is 17.6 Å². The first-order valence-electron chi connectivity index (χ1n) is 9.60. The number of sulfone groups is 1. The third-order valence-corrected chi connectivity index (χ3v) is 6.86. The maximum atomic E-state index is 12.8. The van der Waals surface area contributed by atoms with Gasteiger partial charge in [-0.15, -0.1) is 0 Å². The zero-order valence-corrected chi connectivity index (χ0v) is 20.2. The van der Waals surface area contributed by atoms with Crippen molar-refractivity contribution in [2.45, 2.75) is 18.4 Å². The number of nitrogens with zero attached hydrogens (tertiary/aromatic N) is 1. The molecule has 0 amide bonds. The highest BCUT2D eigenvalue weighted by molar-refractivity contribution is 9.10. The average Bonchev–Trinajstić information content (AvgIpc) is 2.78. The first-order chi connectivity index (χ1) is 15.3. The van der Waals surface area contributed by atoms with E-state index in [9.17, 15) is 13.7 Å². The minimum Gasteiger partial charge on any atom is -0.490 e. The molecule has 0 N–H and O–H groups in total. The topological polar surface area (TPSA) is 76.4 Å². The summed E-state index contributed by atoms with van der Waals surface area (Å²) in [6.45, 7) is 2.58. The van der Waals surface area contributed by atoms with Gasteiger partial charge in [0, 0.05) is 9.50 Å². The summed E-state index contributed by atoms with van der Waals surface area (Å²) >= 11 is 9.24. The fraction of sp³-hybridized carbons (Fsp3) is 0.125. The number of hydrogen-bond acceptors (Lipinski definition) is 5. The highest BCUT2D eigenvalue weighted by Gasteiger charge is 2.21. The number of rotatable bonds is 8. The summed E-state index contributed by atoms with van der Waals surface area (Å²) in [7, 11) is -3.99. The summed E-state index contributed by atoms with van der Waals surface area (Å²) in [5.74, 6) is 0.977. The highest BCUT2D eigenvalue weighted by Crippen LogP contribution is 2.31. The summed E-state index contributed by atoms with van der Waals surface area (Å²) in [5.41, 5.74) is 1.49. The van der Waals surface area contributed by atoms with E-state index in [0.717, 1.165) is 10.0 Å². The smallest absolute Gasteiger partial charge is 0.216 e. The van der Waals surface area contributed by atoms with Gasteiger partial charge in [-0.2, -0.15) is 5.26 Å². The molecule has 8 heteroatoms. The normalized spacial score (nSPS) is 11.6. The molecule has 0 aromatic heterocycles. The minimum atomic E-state index is -3.99. The van der Waals surface area contributed by atoms with Crippen molar-refractivity contribution in [3.05, 3.63) is 92.3 Å². The fourth-order valence-electron chi connectivity index (χ4n) is 2.81. The summed E-state index contributed by atoms with van der Waals surface area (Å²) < 4.78 is 38.2.